The third-order valence-corrected chi connectivity index (χ3v) is 6.22. The van der Waals surface area contributed by atoms with Crippen molar-refractivity contribution in [2.75, 3.05) is 12.4 Å². The molecule has 0 N–H and O–H groups in total. The lowest BCUT2D eigenvalue weighted by Gasteiger charge is -2.32. The van der Waals surface area contributed by atoms with Crippen LogP contribution in [0.15, 0.2) is 48.5 Å². The molecule has 3 rings (SSSR count). The minimum absolute atomic E-state index is 0.332. The molecule has 0 aromatic heterocycles. The van der Waals surface area contributed by atoms with Crippen LogP contribution >= 0.6 is 11.8 Å². The molecule has 27 heavy (non-hydrogen) atoms. The molecule has 1 saturated heterocycles. The fraction of sp³-hybridized carbons (Fsp3) is 0.455. The van der Waals surface area contributed by atoms with Crippen molar-refractivity contribution in [1.82, 2.24) is 0 Å². The van der Waals surface area contributed by atoms with Crippen molar-refractivity contribution in [1.29, 1.82) is 0 Å². The minimum Gasteiger partial charge on any atom is -0.493 e. The Balaban J connectivity index is 1.48. The summed E-state index contributed by atoms with van der Waals surface area (Å²) in [6.07, 6.45) is 0. The zero-order valence-electron chi connectivity index (χ0n) is 17.0. The number of hydrogen-bond donors (Lipinski definition) is 0. The van der Waals surface area contributed by atoms with Gasteiger partial charge in [-0.1, -0.05) is 42.0 Å². The standard InChI is InChI=1S/C22H29BO3S/c1-17-8-6-9-18(14-17)16-27-13-12-24-20-11-7-10-19(15-20)23-25-21(2,3)22(4,5)26-23/h6-11,14-15H,12-13,16H2,1-5H3. The zero-order valence-corrected chi connectivity index (χ0v) is 17.8. The summed E-state index contributed by atoms with van der Waals surface area (Å²) in [7, 11) is -0.353. The van der Waals surface area contributed by atoms with Crippen LogP contribution in [-0.2, 0) is 15.1 Å². The lowest BCUT2D eigenvalue weighted by Crippen LogP contribution is -2.41. The van der Waals surface area contributed by atoms with Crippen LogP contribution in [0.4, 0.5) is 0 Å². The molecular weight excluding hydrogens is 355 g/mol. The first kappa shape index (κ1) is 20.3. The van der Waals surface area contributed by atoms with Gasteiger partial charge in [0.2, 0.25) is 0 Å². The second-order valence-corrected chi connectivity index (χ2v) is 9.16. The first-order chi connectivity index (χ1) is 12.8. The van der Waals surface area contributed by atoms with E-state index in [9.17, 15) is 0 Å². The van der Waals surface area contributed by atoms with Gasteiger partial charge in [-0.15, -0.1) is 0 Å². The lowest BCUT2D eigenvalue weighted by molar-refractivity contribution is 0.00578. The average Bonchev–Trinajstić information content (AvgIpc) is 2.83. The molecule has 0 atom stereocenters. The molecule has 0 bridgehead atoms. The molecule has 1 heterocycles. The van der Waals surface area contributed by atoms with Gasteiger partial charge < -0.3 is 14.0 Å². The van der Waals surface area contributed by atoms with Crippen LogP contribution in [-0.4, -0.2) is 30.7 Å². The molecule has 1 fully saturated rings. The Hall–Kier alpha value is -1.43. The fourth-order valence-electron chi connectivity index (χ4n) is 2.94. The van der Waals surface area contributed by atoms with Gasteiger partial charge in [-0.25, -0.2) is 0 Å². The highest BCUT2D eigenvalue weighted by molar-refractivity contribution is 7.98. The Morgan fingerprint density at radius 2 is 1.67 bits per heavy atom. The van der Waals surface area contributed by atoms with Crippen LogP contribution in [0.25, 0.3) is 0 Å². The number of aryl methyl sites for hydroxylation is 1. The maximum absolute atomic E-state index is 6.12. The SMILES string of the molecule is Cc1cccc(CSCCOc2cccc(B3OC(C)(C)C(C)(C)O3)c2)c1. The molecule has 5 heteroatoms. The molecule has 1 aliphatic rings. The monoisotopic (exact) mass is 384 g/mol. The van der Waals surface area contributed by atoms with Crippen molar-refractivity contribution in [3.05, 3.63) is 59.7 Å². The van der Waals surface area contributed by atoms with Gasteiger partial charge >= 0.3 is 7.12 Å². The van der Waals surface area contributed by atoms with Crippen LogP contribution in [0.5, 0.6) is 5.75 Å². The van der Waals surface area contributed by atoms with E-state index in [2.05, 4.69) is 58.9 Å². The van der Waals surface area contributed by atoms with Gasteiger partial charge in [0.15, 0.2) is 0 Å². The Kier molecular flexibility index (Phi) is 6.24. The molecule has 0 radical (unpaired) electrons. The average molecular weight is 384 g/mol. The summed E-state index contributed by atoms with van der Waals surface area (Å²) in [4.78, 5) is 0. The summed E-state index contributed by atoms with van der Waals surface area (Å²) in [6, 6.07) is 16.7. The largest absolute Gasteiger partial charge is 0.494 e. The molecule has 2 aromatic carbocycles. The van der Waals surface area contributed by atoms with Crippen LogP contribution in [0, 0.1) is 6.92 Å². The third-order valence-electron chi connectivity index (χ3n) is 5.23. The topological polar surface area (TPSA) is 27.7 Å². The number of ether oxygens (including phenoxy) is 1. The highest BCUT2D eigenvalue weighted by atomic mass is 32.2. The maximum atomic E-state index is 6.12. The molecule has 1 aliphatic heterocycles. The van der Waals surface area contributed by atoms with E-state index in [1.54, 1.807) is 0 Å². The Labute approximate surface area is 167 Å². The smallest absolute Gasteiger partial charge is 0.493 e. The third kappa shape index (κ3) is 5.10. The van der Waals surface area contributed by atoms with Gasteiger partial charge in [0.05, 0.1) is 17.8 Å². The summed E-state index contributed by atoms with van der Waals surface area (Å²) in [6.45, 7) is 11.1. The van der Waals surface area contributed by atoms with Crippen molar-refractivity contribution in [3.63, 3.8) is 0 Å². The van der Waals surface area contributed by atoms with Gasteiger partial charge in [0.25, 0.3) is 0 Å². The fourth-order valence-corrected chi connectivity index (χ4v) is 3.70. The van der Waals surface area contributed by atoms with Crippen molar-refractivity contribution in [3.8, 4) is 5.75 Å². The van der Waals surface area contributed by atoms with E-state index >= 15 is 0 Å². The summed E-state index contributed by atoms with van der Waals surface area (Å²) in [5.74, 6) is 2.83. The van der Waals surface area contributed by atoms with Crippen LogP contribution in [0.1, 0.15) is 38.8 Å². The van der Waals surface area contributed by atoms with Gasteiger partial charge in [0, 0.05) is 11.5 Å². The van der Waals surface area contributed by atoms with E-state index in [0.717, 1.165) is 22.7 Å². The molecule has 0 amide bonds. The summed E-state index contributed by atoms with van der Waals surface area (Å²) >= 11 is 1.89. The van der Waals surface area contributed by atoms with E-state index in [4.69, 9.17) is 14.0 Å². The van der Waals surface area contributed by atoms with Crippen molar-refractivity contribution in [2.45, 2.75) is 51.6 Å². The van der Waals surface area contributed by atoms with Gasteiger partial charge in [-0.2, -0.15) is 11.8 Å². The maximum Gasteiger partial charge on any atom is 0.494 e. The first-order valence-electron chi connectivity index (χ1n) is 9.48. The first-order valence-corrected chi connectivity index (χ1v) is 10.6. The quantitative estimate of drug-likeness (QED) is 0.515. The number of thioether (sulfide) groups is 1. The molecule has 144 valence electrons. The highest BCUT2D eigenvalue weighted by Crippen LogP contribution is 2.36. The van der Waals surface area contributed by atoms with Crippen LogP contribution in [0.3, 0.4) is 0 Å². The molecule has 0 aliphatic carbocycles. The second-order valence-electron chi connectivity index (χ2n) is 8.05. The predicted molar refractivity (Wildman–Crippen MR) is 115 cm³/mol. The molecule has 2 aromatic rings. The molecule has 0 spiro atoms. The number of benzene rings is 2. The van der Waals surface area contributed by atoms with Crippen LogP contribution in [0.2, 0.25) is 0 Å². The summed E-state index contributed by atoms with van der Waals surface area (Å²) in [5, 5.41) is 0. The van der Waals surface area contributed by atoms with Crippen molar-refractivity contribution < 1.29 is 14.0 Å². The molecule has 0 unspecified atom stereocenters. The normalized spacial score (nSPS) is 17.9. The minimum atomic E-state index is -0.353. The van der Waals surface area contributed by atoms with E-state index in [1.807, 2.05) is 36.0 Å². The van der Waals surface area contributed by atoms with Crippen molar-refractivity contribution in [2.24, 2.45) is 0 Å². The molecule has 0 saturated carbocycles. The lowest BCUT2D eigenvalue weighted by atomic mass is 9.79. The molecular formula is C22H29BO3S. The van der Waals surface area contributed by atoms with Gasteiger partial charge in [-0.05, 0) is 57.8 Å². The van der Waals surface area contributed by atoms with E-state index < -0.39 is 0 Å². The predicted octanol–water partition coefficient (Wildman–Crippen LogP) is 4.61. The van der Waals surface area contributed by atoms with Crippen molar-refractivity contribution >= 4 is 24.3 Å². The Bertz CT molecular complexity index is 760. The number of hydrogen-bond acceptors (Lipinski definition) is 4. The van der Waals surface area contributed by atoms with E-state index in [1.165, 1.54) is 11.1 Å². The second kappa shape index (κ2) is 8.30. The van der Waals surface area contributed by atoms with E-state index in [0.29, 0.717) is 6.61 Å². The Morgan fingerprint density at radius 3 is 2.37 bits per heavy atom. The highest BCUT2D eigenvalue weighted by Gasteiger charge is 2.51. The summed E-state index contributed by atoms with van der Waals surface area (Å²) < 4.78 is 18.2. The summed E-state index contributed by atoms with van der Waals surface area (Å²) in [5.41, 5.74) is 3.01. The number of rotatable bonds is 7. The van der Waals surface area contributed by atoms with Crippen LogP contribution < -0.4 is 10.2 Å². The van der Waals surface area contributed by atoms with E-state index in [-0.39, 0.29) is 18.3 Å². The Morgan fingerprint density at radius 1 is 0.963 bits per heavy atom. The van der Waals surface area contributed by atoms with Gasteiger partial charge in [-0.3, -0.25) is 0 Å². The molecule has 3 nitrogen and oxygen atoms in total. The van der Waals surface area contributed by atoms with Gasteiger partial charge in [0.1, 0.15) is 5.75 Å². The zero-order chi connectivity index (χ0) is 19.5.